The summed E-state index contributed by atoms with van der Waals surface area (Å²) < 4.78 is 0. The zero-order valence-electron chi connectivity index (χ0n) is 17.5. The van der Waals surface area contributed by atoms with Crippen LogP contribution in [0.15, 0.2) is 23.4 Å². The number of thioether (sulfide) groups is 1. The number of rotatable bonds is 7. The normalized spacial score (nSPS) is 11.3. The first kappa shape index (κ1) is 21.4. The Bertz CT molecular complexity index is 766. The van der Waals surface area contributed by atoms with Gasteiger partial charge in [-0.2, -0.15) is 0 Å². The molecule has 1 heterocycles. The third kappa shape index (κ3) is 5.32. The lowest BCUT2D eigenvalue weighted by molar-refractivity contribution is -0.116. The van der Waals surface area contributed by atoms with E-state index >= 15 is 0 Å². The minimum Gasteiger partial charge on any atom is -0.326 e. The SMILES string of the molecule is CSc1nc(C)c(CCC(=O)Nc2c(C(C)C)cccc2C(C)C)c(C)n1. The van der Waals surface area contributed by atoms with Gasteiger partial charge >= 0.3 is 0 Å². The molecule has 0 aliphatic heterocycles. The topological polar surface area (TPSA) is 54.9 Å². The molecule has 0 atom stereocenters. The number of anilines is 1. The molecule has 2 aromatic rings. The van der Waals surface area contributed by atoms with Gasteiger partial charge in [-0.1, -0.05) is 57.7 Å². The number of nitrogens with one attached hydrogen (secondary N) is 1. The van der Waals surface area contributed by atoms with E-state index in [-0.39, 0.29) is 5.91 Å². The third-order valence-electron chi connectivity index (χ3n) is 4.82. The Hall–Kier alpha value is -1.88. The van der Waals surface area contributed by atoms with Crippen LogP contribution in [-0.4, -0.2) is 22.1 Å². The molecular formula is C22H31N3OS. The van der Waals surface area contributed by atoms with E-state index in [1.165, 1.54) is 22.9 Å². The van der Waals surface area contributed by atoms with Crippen molar-refractivity contribution in [1.29, 1.82) is 0 Å². The standard InChI is InChI=1S/C22H31N3OS/c1-13(2)17-9-8-10-18(14(3)4)21(17)25-20(26)12-11-19-15(5)23-22(27-7)24-16(19)6/h8-10,13-14H,11-12H2,1-7H3,(H,25,26). The van der Waals surface area contributed by atoms with E-state index in [0.29, 0.717) is 24.7 Å². The van der Waals surface area contributed by atoms with Crippen LogP contribution in [0.25, 0.3) is 0 Å². The van der Waals surface area contributed by atoms with Gasteiger partial charge in [0.25, 0.3) is 0 Å². The molecule has 5 heteroatoms. The van der Waals surface area contributed by atoms with Crippen molar-refractivity contribution >= 4 is 23.4 Å². The van der Waals surface area contributed by atoms with Crippen molar-refractivity contribution in [3.63, 3.8) is 0 Å². The highest BCUT2D eigenvalue weighted by atomic mass is 32.2. The molecule has 146 valence electrons. The number of aromatic nitrogens is 2. The number of amides is 1. The Morgan fingerprint density at radius 3 is 2.00 bits per heavy atom. The average Bonchev–Trinajstić information content (AvgIpc) is 2.60. The number of carbonyl (C=O) groups is 1. The highest BCUT2D eigenvalue weighted by molar-refractivity contribution is 7.98. The second-order valence-electron chi connectivity index (χ2n) is 7.53. The largest absolute Gasteiger partial charge is 0.326 e. The molecule has 27 heavy (non-hydrogen) atoms. The fraction of sp³-hybridized carbons (Fsp3) is 0.500. The summed E-state index contributed by atoms with van der Waals surface area (Å²) >= 11 is 1.54. The highest BCUT2D eigenvalue weighted by Gasteiger charge is 2.17. The van der Waals surface area contributed by atoms with Crippen molar-refractivity contribution in [1.82, 2.24) is 9.97 Å². The van der Waals surface area contributed by atoms with Crippen LogP contribution in [0, 0.1) is 13.8 Å². The summed E-state index contributed by atoms with van der Waals surface area (Å²) in [7, 11) is 0. The van der Waals surface area contributed by atoms with Crippen molar-refractivity contribution in [2.45, 2.75) is 71.4 Å². The van der Waals surface area contributed by atoms with Crippen LogP contribution in [0.4, 0.5) is 5.69 Å². The lowest BCUT2D eigenvalue weighted by Gasteiger charge is -2.20. The van der Waals surface area contributed by atoms with Crippen molar-refractivity contribution in [3.8, 4) is 0 Å². The first-order chi connectivity index (χ1) is 12.7. The van der Waals surface area contributed by atoms with E-state index in [0.717, 1.165) is 27.8 Å². The third-order valence-corrected chi connectivity index (χ3v) is 5.37. The minimum atomic E-state index is 0.0396. The molecule has 0 radical (unpaired) electrons. The highest BCUT2D eigenvalue weighted by Crippen LogP contribution is 2.32. The first-order valence-electron chi connectivity index (χ1n) is 9.55. The Balaban J connectivity index is 2.18. The lowest BCUT2D eigenvalue weighted by Crippen LogP contribution is -2.17. The van der Waals surface area contributed by atoms with Gasteiger partial charge in [0.15, 0.2) is 5.16 Å². The Labute approximate surface area is 167 Å². The van der Waals surface area contributed by atoms with Gasteiger partial charge in [0.1, 0.15) is 0 Å². The van der Waals surface area contributed by atoms with Crippen LogP contribution < -0.4 is 5.32 Å². The quantitative estimate of drug-likeness (QED) is 0.495. The molecule has 1 aromatic carbocycles. The van der Waals surface area contributed by atoms with Crippen molar-refractivity contribution in [2.24, 2.45) is 0 Å². The zero-order chi connectivity index (χ0) is 20.1. The summed E-state index contributed by atoms with van der Waals surface area (Å²) in [4.78, 5) is 21.7. The average molecular weight is 386 g/mol. The van der Waals surface area contributed by atoms with E-state index in [9.17, 15) is 4.79 Å². The van der Waals surface area contributed by atoms with E-state index in [1.807, 2.05) is 20.1 Å². The van der Waals surface area contributed by atoms with Gasteiger partial charge in [0, 0.05) is 23.5 Å². The summed E-state index contributed by atoms with van der Waals surface area (Å²) in [6, 6.07) is 6.29. The Morgan fingerprint density at radius 2 is 1.56 bits per heavy atom. The lowest BCUT2D eigenvalue weighted by atomic mass is 9.92. The molecule has 0 saturated carbocycles. The molecule has 0 unspecified atom stereocenters. The monoisotopic (exact) mass is 385 g/mol. The van der Waals surface area contributed by atoms with Gasteiger partial charge in [-0.15, -0.1) is 0 Å². The molecule has 1 N–H and O–H groups in total. The predicted molar refractivity (Wildman–Crippen MR) is 115 cm³/mol. The molecule has 2 rings (SSSR count). The summed E-state index contributed by atoms with van der Waals surface area (Å²) in [6.07, 6.45) is 3.05. The molecule has 0 spiro atoms. The zero-order valence-corrected chi connectivity index (χ0v) is 18.3. The summed E-state index contributed by atoms with van der Waals surface area (Å²) in [5, 5.41) is 3.97. The molecule has 0 saturated heterocycles. The Morgan fingerprint density at radius 1 is 1.04 bits per heavy atom. The molecule has 0 fully saturated rings. The maximum atomic E-state index is 12.7. The van der Waals surface area contributed by atoms with Crippen LogP contribution in [0.3, 0.4) is 0 Å². The number of carbonyl (C=O) groups excluding carboxylic acids is 1. The first-order valence-corrected chi connectivity index (χ1v) is 10.8. The van der Waals surface area contributed by atoms with Crippen molar-refractivity contribution < 1.29 is 4.79 Å². The Kier molecular flexibility index (Phi) is 7.42. The van der Waals surface area contributed by atoms with Gasteiger partial charge in [-0.05, 0) is 55.1 Å². The molecule has 0 bridgehead atoms. The number of hydrogen-bond donors (Lipinski definition) is 1. The van der Waals surface area contributed by atoms with Crippen LogP contribution in [0.2, 0.25) is 0 Å². The van der Waals surface area contributed by atoms with Crippen LogP contribution >= 0.6 is 11.8 Å². The number of para-hydroxylation sites is 1. The summed E-state index contributed by atoms with van der Waals surface area (Å²) in [6.45, 7) is 12.6. The van der Waals surface area contributed by atoms with Crippen LogP contribution in [0.1, 0.15) is 74.0 Å². The predicted octanol–water partition coefficient (Wildman–Crippen LogP) is 5.63. The van der Waals surface area contributed by atoms with Crippen molar-refractivity contribution in [2.75, 3.05) is 11.6 Å². The number of hydrogen-bond acceptors (Lipinski definition) is 4. The molecule has 4 nitrogen and oxygen atoms in total. The summed E-state index contributed by atoms with van der Waals surface area (Å²) in [5.74, 6) is 0.754. The second-order valence-corrected chi connectivity index (χ2v) is 8.30. The van der Waals surface area contributed by atoms with Gasteiger partial charge in [-0.25, -0.2) is 9.97 Å². The van der Waals surface area contributed by atoms with Gasteiger partial charge in [-0.3, -0.25) is 4.79 Å². The number of aryl methyl sites for hydroxylation is 2. The van der Waals surface area contributed by atoms with Gasteiger partial charge in [0.2, 0.25) is 5.91 Å². The number of nitrogens with zero attached hydrogens (tertiary/aromatic N) is 2. The van der Waals surface area contributed by atoms with Crippen LogP contribution in [0.5, 0.6) is 0 Å². The fourth-order valence-electron chi connectivity index (χ4n) is 3.30. The van der Waals surface area contributed by atoms with E-state index < -0.39 is 0 Å². The summed E-state index contributed by atoms with van der Waals surface area (Å²) in [5.41, 5.74) is 6.36. The minimum absolute atomic E-state index is 0.0396. The van der Waals surface area contributed by atoms with Gasteiger partial charge in [0.05, 0.1) is 0 Å². The van der Waals surface area contributed by atoms with Gasteiger partial charge < -0.3 is 5.32 Å². The van der Waals surface area contributed by atoms with Crippen LogP contribution in [-0.2, 0) is 11.2 Å². The molecular weight excluding hydrogens is 354 g/mol. The van der Waals surface area contributed by atoms with E-state index in [2.05, 4.69) is 61.2 Å². The number of benzene rings is 1. The second kappa shape index (κ2) is 9.36. The van der Waals surface area contributed by atoms with E-state index in [1.54, 1.807) is 0 Å². The smallest absolute Gasteiger partial charge is 0.224 e. The molecule has 0 aliphatic carbocycles. The van der Waals surface area contributed by atoms with Crippen molar-refractivity contribution in [3.05, 3.63) is 46.3 Å². The fourth-order valence-corrected chi connectivity index (χ4v) is 3.75. The maximum Gasteiger partial charge on any atom is 0.224 e. The van der Waals surface area contributed by atoms with E-state index in [4.69, 9.17) is 0 Å². The molecule has 1 amide bonds. The molecule has 1 aromatic heterocycles. The maximum absolute atomic E-state index is 12.7. The molecule has 0 aliphatic rings.